The molecule has 0 bridgehead atoms. The van der Waals surface area contributed by atoms with Crippen molar-refractivity contribution in [2.45, 2.75) is 71.9 Å². The number of nitrogens with one attached hydrogen (secondary N) is 1. The van der Waals surface area contributed by atoms with Crippen LogP contribution < -0.4 is 14.8 Å². The third-order valence-electron chi connectivity index (χ3n) is 5.17. The van der Waals surface area contributed by atoms with Crippen LogP contribution in [0.4, 0.5) is 0 Å². The zero-order chi connectivity index (χ0) is 18.2. The molecule has 1 heterocycles. The van der Waals surface area contributed by atoms with Crippen LogP contribution in [-0.2, 0) is 11.2 Å². The monoisotopic (exact) mass is 345 g/mol. The number of benzene rings is 1. The largest absolute Gasteiger partial charge is 0.483 e. The van der Waals surface area contributed by atoms with E-state index in [9.17, 15) is 4.79 Å². The van der Waals surface area contributed by atoms with Crippen molar-refractivity contribution < 1.29 is 14.3 Å². The Labute approximate surface area is 151 Å². The van der Waals surface area contributed by atoms with Crippen molar-refractivity contribution in [3.05, 3.63) is 23.8 Å². The molecule has 1 aliphatic carbocycles. The van der Waals surface area contributed by atoms with E-state index < -0.39 is 0 Å². The Hall–Kier alpha value is -1.71. The normalized spacial score (nSPS) is 26.4. The van der Waals surface area contributed by atoms with Gasteiger partial charge in [0, 0.05) is 18.0 Å². The smallest absolute Gasteiger partial charge is 0.258 e. The molecule has 1 aromatic carbocycles. The van der Waals surface area contributed by atoms with Crippen LogP contribution in [0, 0.1) is 11.3 Å². The highest BCUT2D eigenvalue weighted by Crippen LogP contribution is 2.42. The second kappa shape index (κ2) is 6.54. The maximum atomic E-state index is 12.4. The van der Waals surface area contributed by atoms with Gasteiger partial charge in [0.2, 0.25) is 0 Å². The zero-order valence-electron chi connectivity index (χ0n) is 16.1. The van der Waals surface area contributed by atoms with Gasteiger partial charge in [-0.2, -0.15) is 0 Å². The fourth-order valence-corrected chi connectivity index (χ4v) is 4.57. The van der Waals surface area contributed by atoms with Crippen molar-refractivity contribution in [3.8, 4) is 11.5 Å². The summed E-state index contributed by atoms with van der Waals surface area (Å²) in [6.07, 6.45) is 4.16. The molecule has 0 saturated heterocycles. The molecule has 4 heteroatoms. The van der Waals surface area contributed by atoms with E-state index in [1.807, 2.05) is 12.1 Å². The Bertz CT molecular complexity index is 651. The van der Waals surface area contributed by atoms with E-state index in [4.69, 9.17) is 9.47 Å². The molecular formula is C21H31NO3. The number of fused-ring (bicyclic) bond motifs is 1. The lowest BCUT2D eigenvalue weighted by Crippen LogP contribution is -2.44. The predicted molar refractivity (Wildman–Crippen MR) is 99.1 cm³/mol. The van der Waals surface area contributed by atoms with Crippen LogP contribution in [0.2, 0.25) is 0 Å². The number of hydrogen-bond acceptors (Lipinski definition) is 3. The van der Waals surface area contributed by atoms with Crippen molar-refractivity contribution in [3.63, 3.8) is 0 Å². The average Bonchev–Trinajstić information content (AvgIpc) is 2.77. The highest BCUT2D eigenvalue weighted by molar-refractivity contribution is 5.78. The molecule has 1 fully saturated rings. The number of hydrogen-bond donors (Lipinski definition) is 1. The average molecular weight is 345 g/mol. The Morgan fingerprint density at radius 2 is 2.04 bits per heavy atom. The van der Waals surface area contributed by atoms with E-state index in [0.717, 1.165) is 30.6 Å². The number of rotatable bonds is 4. The third kappa shape index (κ3) is 4.47. The summed E-state index contributed by atoms with van der Waals surface area (Å²) in [4.78, 5) is 12.4. The van der Waals surface area contributed by atoms with E-state index in [1.165, 1.54) is 6.42 Å². The number of ether oxygens (including phenoxy) is 2. The molecule has 2 aliphatic rings. The number of carbonyl (C=O) groups excluding carboxylic acids is 1. The summed E-state index contributed by atoms with van der Waals surface area (Å²) in [6, 6.07) is 6.13. The van der Waals surface area contributed by atoms with Crippen LogP contribution in [0.15, 0.2) is 18.2 Å². The van der Waals surface area contributed by atoms with E-state index >= 15 is 0 Å². The first-order valence-corrected chi connectivity index (χ1v) is 9.37. The zero-order valence-corrected chi connectivity index (χ0v) is 16.1. The minimum atomic E-state index is -0.214. The molecule has 0 spiro atoms. The second-order valence-corrected chi connectivity index (χ2v) is 9.25. The van der Waals surface area contributed by atoms with Crippen molar-refractivity contribution in [2.75, 3.05) is 6.61 Å². The molecule has 3 rings (SSSR count). The van der Waals surface area contributed by atoms with E-state index in [1.54, 1.807) is 0 Å². The molecule has 1 aliphatic heterocycles. The van der Waals surface area contributed by atoms with Crippen molar-refractivity contribution in [1.29, 1.82) is 0 Å². The van der Waals surface area contributed by atoms with Gasteiger partial charge in [-0.1, -0.05) is 32.9 Å². The van der Waals surface area contributed by atoms with Gasteiger partial charge < -0.3 is 14.8 Å². The van der Waals surface area contributed by atoms with Gasteiger partial charge in [0.25, 0.3) is 5.91 Å². The third-order valence-corrected chi connectivity index (χ3v) is 5.17. The van der Waals surface area contributed by atoms with Crippen LogP contribution >= 0.6 is 0 Å². The molecule has 1 N–H and O–H groups in total. The standard InChI is InChI=1S/C21H31NO3/c1-14-9-16(12-20(2,3)10-14)22-18(23)13-24-17-8-6-7-15-11-21(4,5)25-19(15)17/h6-8,14,16H,9-13H2,1-5H3,(H,22,23). The first kappa shape index (κ1) is 18.1. The lowest BCUT2D eigenvalue weighted by atomic mass is 9.70. The lowest BCUT2D eigenvalue weighted by molar-refractivity contribution is -0.124. The van der Waals surface area contributed by atoms with Gasteiger partial charge >= 0.3 is 0 Å². The Balaban J connectivity index is 1.56. The summed E-state index contributed by atoms with van der Waals surface area (Å²) < 4.78 is 11.8. The van der Waals surface area contributed by atoms with Crippen molar-refractivity contribution in [1.82, 2.24) is 5.32 Å². The number of para-hydroxylation sites is 1. The molecule has 25 heavy (non-hydrogen) atoms. The van der Waals surface area contributed by atoms with Gasteiger partial charge in [0.1, 0.15) is 5.60 Å². The number of amides is 1. The SMILES string of the molecule is CC1CC(NC(=O)COc2cccc3c2OC(C)(C)C3)CC(C)(C)C1. The van der Waals surface area contributed by atoms with Crippen LogP contribution in [0.5, 0.6) is 11.5 Å². The first-order chi connectivity index (χ1) is 11.6. The second-order valence-electron chi connectivity index (χ2n) is 9.25. The van der Waals surface area contributed by atoms with E-state index in [2.05, 4.69) is 46.0 Å². The fourth-order valence-electron chi connectivity index (χ4n) is 4.57. The highest BCUT2D eigenvalue weighted by Gasteiger charge is 2.34. The maximum absolute atomic E-state index is 12.4. The van der Waals surface area contributed by atoms with Crippen LogP contribution in [0.3, 0.4) is 0 Å². The van der Waals surface area contributed by atoms with Gasteiger partial charge in [-0.25, -0.2) is 0 Å². The molecule has 138 valence electrons. The molecule has 1 amide bonds. The van der Waals surface area contributed by atoms with Gasteiger partial charge in [-0.3, -0.25) is 4.79 Å². The summed E-state index contributed by atoms with van der Waals surface area (Å²) >= 11 is 0. The maximum Gasteiger partial charge on any atom is 0.258 e. The van der Waals surface area contributed by atoms with E-state index in [-0.39, 0.29) is 29.6 Å². The van der Waals surface area contributed by atoms with Gasteiger partial charge in [0.15, 0.2) is 18.1 Å². The Kier molecular flexibility index (Phi) is 4.74. The van der Waals surface area contributed by atoms with E-state index in [0.29, 0.717) is 11.7 Å². The lowest BCUT2D eigenvalue weighted by Gasteiger charge is -2.39. The Morgan fingerprint density at radius 3 is 2.76 bits per heavy atom. The summed E-state index contributed by atoms with van der Waals surface area (Å²) in [5.74, 6) is 2.04. The van der Waals surface area contributed by atoms with Crippen molar-refractivity contribution in [2.24, 2.45) is 11.3 Å². The van der Waals surface area contributed by atoms with Crippen LogP contribution in [0.1, 0.15) is 59.4 Å². The van der Waals surface area contributed by atoms with Gasteiger partial charge in [-0.05, 0) is 50.5 Å². The molecule has 1 aromatic rings. The predicted octanol–water partition coefficient (Wildman–Crippen LogP) is 4.11. The van der Waals surface area contributed by atoms with Crippen molar-refractivity contribution >= 4 is 5.91 Å². The molecule has 0 radical (unpaired) electrons. The molecular weight excluding hydrogens is 314 g/mol. The molecule has 1 saturated carbocycles. The summed E-state index contributed by atoms with van der Waals surface area (Å²) in [7, 11) is 0. The fraction of sp³-hybridized carbons (Fsp3) is 0.667. The molecule has 2 atom stereocenters. The molecule has 4 nitrogen and oxygen atoms in total. The molecule has 2 unspecified atom stereocenters. The minimum Gasteiger partial charge on any atom is -0.483 e. The topological polar surface area (TPSA) is 47.6 Å². The quantitative estimate of drug-likeness (QED) is 0.893. The highest BCUT2D eigenvalue weighted by atomic mass is 16.5. The molecule has 0 aromatic heterocycles. The van der Waals surface area contributed by atoms with Gasteiger partial charge in [-0.15, -0.1) is 0 Å². The number of carbonyl (C=O) groups is 1. The van der Waals surface area contributed by atoms with Gasteiger partial charge in [0.05, 0.1) is 0 Å². The van der Waals surface area contributed by atoms with Crippen LogP contribution in [-0.4, -0.2) is 24.2 Å². The first-order valence-electron chi connectivity index (χ1n) is 9.37. The summed E-state index contributed by atoms with van der Waals surface area (Å²) in [5.41, 5.74) is 1.22. The summed E-state index contributed by atoms with van der Waals surface area (Å²) in [6.45, 7) is 11.0. The Morgan fingerprint density at radius 1 is 1.28 bits per heavy atom. The summed E-state index contributed by atoms with van der Waals surface area (Å²) in [5, 5.41) is 3.15. The van der Waals surface area contributed by atoms with Crippen LogP contribution in [0.25, 0.3) is 0 Å². The minimum absolute atomic E-state index is 0.0333.